The predicted molar refractivity (Wildman–Crippen MR) is 113 cm³/mol. The zero-order valence-corrected chi connectivity index (χ0v) is 17.3. The number of nitrogens with zero attached hydrogens (tertiary/aromatic N) is 2. The maximum absolute atomic E-state index is 12.6. The maximum atomic E-state index is 12.6. The largest absolute Gasteiger partial charge is 0.381 e. The van der Waals surface area contributed by atoms with Crippen LogP contribution in [0.3, 0.4) is 0 Å². The van der Waals surface area contributed by atoms with Crippen LogP contribution in [0, 0.1) is 5.41 Å². The van der Waals surface area contributed by atoms with Gasteiger partial charge in [0, 0.05) is 43.1 Å². The molecule has 0 spiro atoms. The number of carbonyl (C=O) groups excluding carboxylic acids is 2. The number of aldehydes is 1. The number of amidine groups is 1. The molecule has 1 aromatic rings. The lowest BCUT2D eigenvalue weighted by molar-refractivity contribution is -0.111. The van der Waals surface area contributed by atoms with Gasteiger partial charge in [-0.15, -0.1) is 0 Å². The molecule has 0 radical (unpaired) electrons. The van der Waals surface area contributed by atoms with E-state index < -0.39 is 6.04 Å². The number of carbonyl (C=O) groups is 2. The first-order valence-electron chi connectivity index (χ1n) is 9.63. The van der Waals surface area contributed by atoms with Crippen molar-refractivity contribution in [1.82, 2.24) is 10.2 Å². The molecule has 2 N–H and O–H groups in total. The number of rotatable bonds is 6. The van der Waals surface area contributed by atoms with Crippen molar-refractivity contribution in [3.8, 4) is 0 Å². The minimum atomic E-state index is -0.484. The quantitative estimate of drug-likeness (QED) is 0.423. The molecule has 154 valence electrons. The molecule has 1 unspecified atom stereocenters. The molecule has 0 aromatic heterocycles. The number of aliphatic imine (C=N–C) groups is 1. The van der Waals surface area contributed by atoms with Crippen molar-refractivity contribution >= 4 is 35.3 Å². The van der Waals surface area contributed by atoms with E-state index in [2.05, 4.69) is 10.3 Å². The highest BCUT2D eigenvalue weighted by Crippen LogP contribution is 2.26. The van der Waals surface area contributed by atoms with Crippen molar-refractivity contribution < 1.29 is 14.3 Å². The van der Waals surface area contributed by atoms with Gasteiger partial charge >= 0.3 is 0 Å². The Morgan fingerprint density at radius 2 is 2.14 bits per heavy atom. The second kappa shape index (κ2) is 9.33. The third-order valence-electron chi connectivity index (χ3n) is 5.16. The highest BCUT2D eigenvalue weighted by molar-refractivity contribution is 6.45. The van der Waals surface area contributed by atoms with E-state index in [-0.39, 0.29) is 16.7 Å². The summed E-state index contributed by atoms with van der Waals surface area (Å²) in [5, 5.41) is 11.9. The summed E-state index contributed by atoms with van der Waals surface area (Å²) < 4.78 is 5.34. The molecule has 1 amide bonds. The summed E-state index contributed by atoms with van der Waals surface area (Å²) in [7, 11) is 0. The Morgan fingerprint density at radius 3 is 2.83 bits per heavy atom. The first kappa shape index (κ1) is 21.2. The fraction of sp³-hybridized carbons (Fsp3) is 0.429. The van der Waals surface area contributed by atoms with Crippen molar-refractivity contribution in [3.63, 3.8) is 0 Å². The van der Waals surface area contributed by atoms with Crippen LogP contribution in [0.1, 0.15) is 48.2 Å². The first-order chi connectivity index (χ1) is 13.9. The van der Waals surface area contributed by atoms with E-state index in [1.54, 1.807) is 25.1 Å². The van der Waals surface area contributed by atoms with Gasteiger partial charge in [0.1, 0.15) is 6.29 Å². The topological polar surface area (TPSA) is 94.9 Å². The number of benzene rings is 1. The lowest BCUT2D eigenvalue weighted by atomic mass is 10.0. The van der Waals surface area contributed by atoms with Gasteiger partial charge in [-0.1, -0.05) is 23.7 Å². The number of hydrogen-bond donors (Lipinski definition) is 2. The summed E-state index contributed by atoms with van der Waals surface area (Å²) in [6.07, 6.45) is 4.06. The number of allylic oxidation sites excluding steroid dienone is 1. The molecule has 0 saturated carbocycles. The molecule has 1 saturated heterocycles. The van der Waals surface area contributed by atoms with E-state index in [0.29, 0.717) is 23.7 Å². The molecule has 1 atom stereocenters. The zero-order chi connectivity index (χ0) is 21.0. The molecule has 2 aliphatic rings. The summed E-state index contributed by atoms with van der Waals surface area (Å²) in [6, 6.07) is 5.07. The van der Waals surface area contributed by atoms with Gasteiger partial charge in [0.05, 0.1) is 22.6 Å². The van der Waals surface area contributed by atoms with Crippen LogP contribution in [0.25, 0.3) is 0 Å². The Balaban J connectivity index is 1.70. The summed E-state index contributed by atoms with van der Waals surface area (Å²) in [4.78, 5) is 29.4. The fourth-order valence-corrected chi connectivity index (χ4v) is 3.57. The minimum Gasteiger partial charge on any atom is -0.381 e. The molecule has 0 bridgehead atoms. The van der Waals surface area contributed by atoms with Crippen LogP contribution in [-0.4, -0.2) is 53.9 Å². The normalized spacial score (nSPS) is 19.1. The molecule has 0 aliphatic carbocycles. The van der Waals surface area contributed by atoms with Crippen LogP contribution < -0.4 is 5.32 Å². The standard InChI is InChI=1S/C21H25ClN4O3/c1-13(12-27)26-11-16-4-3-15(9-18(16)21(26)28)20(23)19(22)10-24-14(2)25-17-5-7-29-8-6-17/h3-4,9-10,12-13,17,23H,5-8,11H2,1-2H3,(H,24,25)/b19-10+,23-20?. The average molecular weight is 417 g/mol. The van der Waals surface area contributed by atoms with Gasteiger partial charge in [0.2, 0.25) is 0 Å². The summed E-state index contributed by atoms with van der Waals surface area (Å²) in [5.74, 6) is 0.523. The van der Waals surface area contributed by atoms with Crippen molar-refractivity contribution in [1.29, 1.82) is 5.41 Å². The molecule has 2 aliphatic heterocycles. The Morgan fingerprint density at radius 1 is 1.41 bits per heavy atom. The molecule has 2 heterocycles. The molecular formula is C21H25ClN4O3. The summed E-state index contributed by atoms with van der Waals surface area (Å²) in [6.45, 7) is 5.43. The second-order valence-electron chi connectivity index (χ2n) is 7.28. The van der Waals surface area contributed by atoms with Gasteiger partial charge in [-0.05, 0) is 38.3 Å². The molecule has 7 nitrogen and oxygen atoms in total. The molecule has 29 heavy (non-hydrogen) atoms. The number of fused-ring (bicyclic) bond motifs is 1. The molecule has 1 fully saturated rings. The Bertz CT molecular complexity index is 875. The lowest BCUT2D eigenvalue weighted by Crippen LogP contribution is -2.37. The molecule has 1 aromatic carbocycles. The fourth-order valence-electron chi connectivity index (χ4n) is 3.41. The van der Waals surface area contributed by atoms with Crippen LogP contribution in [0.2, 0.25) is 0 Å². The predicted octanol–water partition coefficient (Wildman–Crippen LogP) is 2.86. The smallest absolute Gasteiger partial charge is 0.255 e. The van der Waals surface area contributed by atoms with Crippen LogP contribution >= 0.6 is 11.6 Å². The number of ether oxygens (including phenoxy) is 1. The van der Waals surface area contributed by atoms with Gasteiger partial charge in [-0.2, -0.15) is 0 Å². The molecule has 3 rings (SSSR count). The Hall–Kier alpha value is -2.51. The van der Waals surface area contributed by atoms with Crippen LogP contribution in [0.5, 0.6) is 0 Å². The van der Waals surface area contributed by atoms with E-state index in [1.165, 1.54) is 11.1 Å². The Labute approximate surface area is 175 Å². The third kappa shape index (κ3) is 4.92. The van der Waals surface area contributed by atoms with Gasteiger partial charge < -0.3 is 19.7 Å². The number of halogens is 1. The van der Waals surface area contributed by atoms with Gasteiger partial charge in [-0.25, -0.2) is 4.99 Å². The number of amides is 1. The second-order valence-corrected chi connectivity index (χ2v) is 7.69. The first-order valence-corrected chi connectivity index (χ1v) is 10.0. The van der Waals surface area contributed by atoms with Crippen molar-refractivity contribution in [3.05, 3.63) is 46.1 Å². The van der Waals surface area contributed by atoms with Gasteiger partial charge in [-0.3, -0.25) is 10.2 Å². The van der Waals surface area contributed by atoms with Crippen LogP contribution in [0.4, 0.5) is 0 Å². The van der Waals surface area contributed by atoms with Gasteiger partial charge in [0.15, 0.2) is 0 Å². The molecular weight excluding hydrogens is 392 g/mol. The number of nitrogens with one attached hydrogen (secondary N) is 2. The van der Waals surface area contributed by atoms with Crippen molar-refractivity contribution in [2.75, 3.05) is 13.2 Å². The highest BCUT2D eigenvalue weighted by atomic mass is 35.5. The van der Waals surface area contributed by atoms with E-state index >= 15 is 0 Å². The van der Waals surface area contributed by atoms with E-state index in [0.717, 1.165) is 43.7 Å². The molecule has 8 heteroatoms. The lowest BCUT2D eigenvalue weighted by Gasteiger charge is -2.23. The summed E-state index contributed by atoms with van der Waals surface area (Å²) >= 11 is 6.28. The van der Waals surface area contributed by atoms with Crippen LogP contribution in [0.15, 0.2) is 34.4 Å². The van der Waals surface area contributed by atoms with Crippen molar-refractivity contribution in [2.24, 2.45) is 4.99 Å². The van der Waals surface area contributed by atoms with Gasteiger partial charge in [0.25, 0.3) is 5.91 Å². The van der Waals surface area contributed by atoms with Crippen molar-refractivity contribution in [2.45, 2.75) is 45.3 Å². The highest BCUT2D eigenvalue weighted by Gasteiger charge is 2.31. The van der Waals surface area contributed by atoms with E-state index in [9.17, 15) is 9.59 Å². The SMILES string of the molecule is C/C(=N\C=C(\Cl)C(=N)c1ccc2c(c1)C(=O)N(C(C)C=O)C2)NC1CCOCC1. The maximum Gasteiger partial charge on any atom is 0.255 e. The third-order valence-corrected chi connectivity index (χ3v) is 5.45. The van der Waals surface area contributed by atoms with E-state index in [1.807, 2.05) is 6.92 Å². The van der Waals surface area contributed by atoms with E-state index in [4.69, 9.17) is 21.7 Å². The minimum absolute atomic E-state index is 0.0896. The number of hydrogen-bond acceptors (Lipinski definition) is 5. The zero-order valence-electron chi connectivity index (χ0n) is 16.6. The summed E-state index contributed by atoms with van der Waals surface area (Å²) in [5.41, 5.74) is 1.97. The Kier molecular flexibility index (Phi) is 6.82. The van der Waals surface area contributed by atoms with Crippen LogP contribution in [-0.2, 0) is 16.1 Å². The monoisotopic (exact) mass is 416 g/mol. The average Bonchev–Trinajstić information content (AvgIpc) is 3.07.